The summed E-state index contributed by atoms with van der Waals surface area (Å²) in [6.45, 7) is 3.06. The molecule has 9 rings (SSSR count). The van der Waals surface area contributed by atoms with Crippen molar-refractivity contribution in [2.24, 2.45) is 0 Å². The van der Waals surface area contributed by atoms with Crippen molar-refractivity contribution in [2.75, 3.05) is 19.5 Å². The Morgan fingerprint density at radius 2 is 1.47 bits per heavy atom. The number of carbonyl (C=O) groups excluding carboxylic acids is 2. The van der Waals surface area contributed by atoms with Crippen LogP contribution in [0, 0.1) is 0 Å². The van der Waals surface area contributed by atoms with Gasteiger partial charge in [0.2, 0.25) is 0 Å². The van der Waals surface area contributed by atoms with Gasteiger partial charge in [0.25, 0.3) is 0 Å². The van der Waals surface area contributed by atoms with E-state index in [0.717, 1.165) is 56.0 Å². The van der Waals surface area contributed by atoms with Crippen molar-refractivity contribution in [2.45, 2.75) is 68.2 Å². The van der Waals surface area contributed by atoms with E-state index in [2.05, 4.69) is 39.6 Å². The van der Waals surface area contributed by atoms with Gasteiger partial charge in [0, 0.05) is 34.7 Å². The second-order valence-corrected chi connectivity index (χ2v) is 14.2. The third-order valence-corrected chi connectivity index (χ3v) is 11.6. The fraction of sp³-hybridized carbons (Fsp3) is 0.317. The fourth-order valence-corrected chi connectivity index (χ4v) is 9.48. The van der Waals surface area contributed by atoms with Crippen molar-refractivity contribution in [3.63, 3.8) is 0 Å². The second-order valence-electron chi connectivity index (χ2n) is 14.2. The lowest BCUT2D eigenvalue weighted by molar-refractivity contribution is -0.152. The van der Waals surface area contributed by atoms with Crippen molar-refractivity contribution in [1.29, 1.82) is 0 Å². The van der Waals surface area contributed by atoms with Crippen LogP contribution in [-0.4, -0.2) is 60.3 Å². The first kappa shape index (κ1) is 31.6. The van der Waals surface area contributed by atoms with Crippen LogP contribution in [0.3, 0.4) is 0 Å². The number of ether oxygens (including phenoxy) is 4. The number of rotatable bonds is 8. The number of methoxy groups -OCH3 is 2. The third kappa shape index (κ3) is 4.69. The van der Waals surface area contributed by atoms with Gasteiger partial charge in [-0.2, -0.15) is 0 Å². The van der Waals surface area contributed by atoms with Crippen LogP contribution < -0.4 is 20.1 Å². The second kappa shape index (κ2) is 11.9. The zero-order valence-electron chi connectivity index (χ0n) is 28.8. The number of H-pyrrole nitrogens is 1. The zero-order valence-corrected chi connectivity index (χ0v) is 28.8. The summed E-state index contributed by atoms with van der Waals surface area (Å²) in [6, 6.07) is 30.9. The summed E-state index contributed by atoms with van der Waals surface area (Å²) in [5.41, 5.74) is 5.78. The predicted molar refractivity (Wildman–Crippen MR) is 191 cm³/mol. The molecular formula is C41H40N4O6. The molecule has 4 aliphatic heterocycles. The lowest BCUT2D eigenvalue weighted by atomic mass is 9.69. The number of anilines is 1. The highest BCUT2D eigenvalue weighted by molar-refractivity contribution is 5.89. The van der Waals surface area contributed by atoms with Gasteiger partial charge in [-0.25, -0.2) is 0 Å². The molecule has 2 saturated heterocycles. The first-order chi connectivity index (χ1) is 24.8. The quantitative estimate of drug-likeness (QED) is 0.181. The Balaban J connectivity index is 1.16. The first-order valence-electron chi connectivity index (χ1n) is 17.4. The molecule has 0 bridgehead atoms. The minimum absolute atomic E-state index is 0.301. The largest absolute Gasteiger partial charge is 0.489 e. The summed E-state index contributed by atoms with van der Waals surface area (Å²) >= 11 is 0. The number of fused-ring (bicyclic) bond motifs is 8. The molecule has 6 unspecified atom stereocenters. The Morgan fingerprint density at radius 3 is 2.14 bits per heavy atom. The van der Waals surface area contributed by atoms with Crippen LogP contribution in [0.25, 0.3) is 10.9 Å². The van der Waals surface area contributed by atoms with E-state index in [-0.39, 0.29) is 24.1 Å². The standard InChI is InChI=1S/C41H40N4O6/c1-40-35-29(28-18-26(14-16-31(28)42-35)50-22-24-10-6-4-7-11-24)20-34(37(47)49-3)45(40)39-41(21-33(36(46)48-2)43-38(40)41)30-19-27(15-17-32(30)44-39)51-23-25-12-8-5-9-13-25/h4-19,33-34,38-39,42-44H,20-23H2,1-3H3. The Kier molecular flexibility index (Phi) is 7.38. The summed E-state index contributed by atoms with van der Waals surface area (Å²) in [7, 11) is 2.88. The Morgan fingerprint density at radius 1 is 0.824 bits per heavy atom. The van der Waals surface area contributed by atoms with Gasteiger partial charge in [0.1, 0.15) is 36.8 Å². The summed E-state index contributed by atoms with van der Waals surface area (Å²) in [5, 5.41) is 8.56. The van der Waals surface area contributed by atoms with Gasteiger partial charge in [-0.05, 0) is 72.0 Å². The summed E-state index contributed by atoms with van der Waals surface area (Å²) in [4.78, 5) is 33.2. The van der Waals surface area contributed by atoms with E-state index < -0.39 is 23.0 Å². The molecule has 0 amide bonds. The Hall–Kier alpha value is -5.32. The predicted octanol–water partition coefficient (Wildman–Crippen LogP) is 5.55. The van der Waals surface area contributed by atoms with Crippen molar-refractivity contribution in [3.8, 4) is 11.5 Å². The number of hydrogen-bond donors (Lipinski definition) is 3. The highest BCUT2D eigenvalue weighted by atomic mass is 16.5. The maximum Gasteiger partial charge on any atom is 0.323 e. The summed E-state index contributed by atoms with van der Waals surface area (Å²) in [6.07, 6.45) is 0.593. The number of nitrogens with one attached hydrogen (secondary N) is 3. The Bertz CT molecular complexity index is 2150. The monoisotopic (exact) mass is 684 g/mol. The molecule has 3 N–H and O–H groups in total. The molecule has 10 heteroatoms. The van der Waals surface area contributed by atoms with E-state index in [0.29, 0.717) is 26.1 Å². The SMILES string of the molecule is COC(=O)C1CC23c4cc(OCc5ccccc5)ccc4NC2N2C(C(=O)OC)Cc4c([nH]c5ccc(OCc6ccccc6)cc45)C2(C)C3N1. The van der Waals surface area contributed by atoms with Crippen molar-refractivity contribution < 1.29 is 28.5 Å². The van der Waals surface area contributed by atoms with Crippen LogP contribution in [0.4, 0.5) is 5.69 Å². The van der Waals surface area contributed by atoms with Gasteiger partial charge in [0.05, 0.1) is 31.3 Å². The summed E-state index contributed by atoms with van der Waals surface area (Å²) < 4.78 is 23.4. The number of hydrogen-bond acceptors (Lipinski definition) is 9. The van der Waals surface area contributed by atoms with Crippen molar-refractivity contribution in [1.82, 2.24) is 15.2 Å². The van der Waals surface area contributed by atoms with E-state index in [9.17, 15) is 9.59 Å². The molecule has 4 aliphatic rings. The zero-order chi connectivity index (χ0) is 34.9. The minimum Gasteiger partial charge on any atom is -0.489 e. The molecule has 1 spiro atoms. The molecule has 2 fully saturated rings. The Labute approximate surface area is 296 Å². The van der Waals surface area contributed by atoms with Crippen LogP contribution in [0.1, 0.15) is 41.3 Å². The van der Waals surface area contributed by atoms with Crippen LogP contribution in [0.5, 0.6) is 11.5 Å². The molecule has 51 heavy (non-hydrogen) atoms. The van der Waals surface area contributed by atoms with E-state index in [1.807, 2.05) is 84.9 Å². The van der Waals surface area contributed by atoms with Crippen molar-refractivity contribution in [3.05, 3.63) is 125 Å². The van der Waals surface area contributed by atoms with Crippen LogP contribution in [-0.2, 0) is 49.7 Å². The molecule has 0 radical (unpaired) electrons. The van der Waals surface area contributed by atoms with Gasteiger partial charge < -0.3 is 29.2 Å². The molecule has 6 atom stereocenters. The van der Waals surface area contributed by atoms with E-state index in [1.54, 1.807) is 0 Å². The lowest BCUT2D eigenvalue weighted by Crippen LogP contribution is -2.62. The van der Waals surface area contributed by atoms with E-state index in [1.165, 1.54) is 14.2 Å². The van der Waals surface area contributed by atoms with Gasteiger partial charge >= 0.3 is 11.9 Å². The average Bonchev–Trinajstić information content (AvgIpc) is 3.89. The molecule has 5 aromatic rings. The average molecular weight is 685 g/mol. The number of aromatic amines is 1. The highest BCUT2D eigenvalue weighted by Gasteiger charge is 2.75. The maximum atomic E-state index is 13.9. The molecule has 0 saturated carbocycles. The smallest absolute Gasteiger partial charge is 0.323 e. The normalized spacial score (nSPS) is 27.0. The maximum absolute atomic E-state index is 13.9. The van der Waals surface area contributed by atoms with Gasteiger partial charge in [0.15, 0.2) is 0 Å². The van der Waals surface area contributed by atoms with Crippen LogP contribution >= 0.6 is 0 Å². The lowest BCUT2D eigenvalue weighted by Gasteiger charge is -2.48. The number of esters is 2. The summed E-state index contributed by atoms with van der Waals surface area (Å²) in [5.74, 6) is 0.874. The number of benzene rings is 4. The van der Waals surface area contributed by atoms with Crippen LogP contribution in [0.15, 0.2) is 97.1 Å². The molecule has 260 valence electrons. The van der Waals surface area contributed by atoms with Gasteiger partial charge in [-0.1, -0.05) is 60.7 Å². The first-order valence-corrected chi connectivity index (χ1v) is 17.4. The third-order valence-electron chi connectivity index (χ3n) is 11.6. The van der Waals surface area contributed by atoms with Crippen LogP contribution in [0.2, 0.25) is 0 Å². The molecule has 5 heterocycles. The molecule has 1 aromatic heterocycles. The number of nitrogens with zero attached hydrogens (tertiary/aromatic N) is 1. The van der Waals surface area contributed by atoms with Gasteiger partial charge in [-0.15, -0.1) is 0 Å². The number of carbonyl (C=O) groups is 2. The molecule has 0 aliphatic carbocycles. The van der Waals surface area contributed by atoms with Gasteiger partial charge in [-0.3, -0.25) is 19.8 Å². The molecule has 4 aromatic carbocycles. The highest BCUT2D eigenvalue weighted by Crippen LogP contribution is 2.64. The molecule has 10 nitrogen and oxygen atoms in total. The number of aromatic nitrogens is 1. The minimum atomic E-state index is -0.768. The van der Waals surface area contributed by atoms with E-state index >= 15 is 0 Å². The van der Waals surface area contributed by atoms with E-state index in [4.69, 9.17) is 18.9 Å². The topological polar surface area (TPSA) is 114 Å². The fourth-order valence-electron chi connectivity index (χ4n) is 9.48. The molecular weight excluding hydrogens is 644 g/mol. The van der Waals surface area contributed by atoms with Crippen molar-refractivity contribution >= 4 is 28.5 Å².